The molecule has 0 unspecified atom stereocenters. The Balaban J connectivity index is 2.22. The van der Waals surface area contributed by atoms with Crippen molar-refractivity contribution >= 4 is 22.2 Å². The number of hydrogen-bond donors (Lipinski definition) is 1. The summed E-state index contributed by atoms with van der Waals surface area (Å²) < 4.78 is 5.87. The van der Waals surface area contributed by atoms with Crippen LogP contribution < -0.4 is 10.5 Å². The predicted molar refractivity (Wildman–Crippen MR) is 94.0 cm³/mol. The van der Waals surface area contributed by atoms with Crippen LogP contribution in [0.3, 0.4) is 0 Å². The fourth-order valence-corrected chi connectivity index (χ4v) is 2.66. The van der Waals surface area contributed by atoms with Crippen LogP contribution in [0.1, 0.15) is 29.8 Å². The van der Waals surface area contributed by atoms with Gasteiger partial charge in [-0.3, -0.25) is 4.79 Å². The molecule has 0 bridgehead atoms. The summed E-state index contributed by atoms with van der Waals surface area (Å²) in [5.41, 5.74) is 7.54. The number of hydrogen-bond acceptors (Lipinski definition) is 3. The van der Waals surface area contributed by atoms with Crippen molar-refractivity contribution in [1.82, 2.24) is 0 Å². The number of ketones is 1. The molecule has 0 atom stereocenters. The van der Waals surface area contributed by atoms with Gasteiger partial charge in [0.2, 0.25) is 0 Å². The van der Waals surface area contributed by atoms with Crippen LogP contribution in [0.4, 0.5) is 5.69 Å². The molecule has 23 heavy (non-hydrogen) atoms. The second-order valence-electron chi connectivity index (χ2n) is 5.78. The Morgan fingerprint density at radius 1 is 1.00 bits per heavy atom. The van der Waals surface area contributed by atoms with Gasteiger partial charge in [-0.05, 0) is 42.8 Å². The molecule has 0 spiro atoms. The zero-order chi connectivity index (χ0) is 16.4. The van der Waals surface area contributed by atoms with Crippen LogP contribution in [0, 0.1) is 0 Å². The van der Waals surface area contributed by atoms with Crippen molar-refractivity contribution in [2.75, 3.05) is 5.73 Å². The molecule has 3 rings (SSSR count). The van der Waals surface area contributed by atoms with Crippen molar-refractivity contribution < 1.29 is 9.53 Å². The van der Waals surface area contributed by atoms with Crippen LogP contribution in [-0.4, -0.2) is 11.9 Å². The van der Waals surface area contributed by atoms with Gasteiger partial charge in [-0.2, -0.15) is 0 Å². The quantitative estimate of drug-likeness (QED) is 0.572. The molecule has 3 aromatic rings. The van der Waals surface area contributed by atoms with Gasteiger partial charge in [-0.25, -0.2) is 0 Å². The molecule has 3 nitrogen and oxygen atoms in total. The van der Waals surface area contributed by atoms with E-state index in [4.69, 9.17) is 10.5 Å². The first-order chi connectivity index (χ1) is 11.1. The number of ether oxygens (including phenoxy) is 1. The van der Waals surface area contributed by atoms with E-state index in [2.05, 4.69) is 0 Å². The van der Waals surface area contributed by atoms with Crippen molar-refractivity contribution in [3.63, 3.8) is 0 Å². The van der Waals surface area contributed by atoms with E-state index in [1.807, 2.05) is 50.2 Å². The SMILES string of the molecule is CC(C)Oc1ccc2ccccc2c1C(=O)c1cccc(N)c1. The maximum atomic E-state index is 13.1. The molecular weight excluding hydrogens is 286 g/mol. The van der Waals surface area contributed by atoms with Crippen molar-refractivity contribution in [3.8, 4) is 5.75 Å². The maximum Gasteiger partial charge on any atom is 0.197 e. The van der Waals surface area contributed by atoms with Crippen LogP contribution in [0.5, 0.6) is 5.75 Å². The lowest BCUT2D eigenvalue weighted by atomic mass is 9.96. The van der Waals surface area contributed by atoms with Gasteiger partial charge < -0.3 is 10.5 Å². The molecule has 116 valence electrons. The molecule has 0 fully saturated rings. The Morgan fingerprint density at radius 3 is 2.52 bits per heavy atom. The van der Waals surface area contributed by atoms with Gasteiger partial charge in [0.05, 0.1) is 11.7 Å². The highest BCUT2D eigenvalue weighted by Crippen LogP contribution is 2.31. The highest BCUT2D eigenvalue weighted by molar-refractivity contribution is 6.18. The monoisotopic (exact) mass is 305 g/mol. The maximum absolute atomic E-state index is 13.1. The second kappa shape index (κ2) is 6.13. The fourth-order valence-electron chi connectivity index (χ4n) is 2.66. The largest absolute Gasteiger partial charge is 0.490 e. The van der Waals surface area contributed by atoms with Crippen LogP contribution >= 0.6 is 0 Å². The molecule has 0 saturated carbocycles. The molecule has 0 aliphatic rings. The molecule has 3 heteroatoms. The lowest BCUT2D eigenvalue weighted by molar-refractivity contribution is 0.103. The van der Waals surface area contributed by atoms with E-state index < -0.39 is 0 Å². The molecule has 0 aliphatic heterocycles. The third-order valence-electron chi connectivity index (χ3n) is 3.63. The van der Waals surface area contributed by atoms with Gasteiger partial charge in [-0.1, -0.05) is 42.5 Å². The minimum Gasteiger partial charge on any atom is -0.490 e. The van der Waals surface area contributed by atoms with E-state index in [0.29, 0.717) is 22.6 Å². The summed E-state index contributed by atoms with van der Waals surface area (Å²) in [4.78, 5) is 13.1. The smallest absolute Gasteiger partial charge is 0.197 e. The Bertz CT molecular complexity index is 868. The average Bonchev–Trinajstić information content (AvgIpc) is 2.53. The summed E-state index contributed by atoms with van der Waals surface area (Å²) in [6.07, 6.45) is -0.0106. The van der Waals surface area contributed by atoms with E-state index in [-0.39, 0.29) is 11.9 Å². The van der Waals surface area contributed by atoms with Gasteiger partial charge in [0.15, 0.2) is 5.78 Å². The summed E-state index contributed by atoms with van der Waals surface area (Å²) in [5.74, 6) is 0.524. The molecular formula is C20H19NO2. The minimum absolute atomic E-state index is 0.0106. The Morgan fingerprint density at radius 2 is 1.78 bits per heavy atom. The molecule has 0 saturated heterocycles. The molecule has 0 aromatic heterocycles. The fraction of sp³-hybridized carbons (Fsp3) is 0.150. The number of nitrogens with two attached hydrogens (primary N) is 1. The van der Waals surface area contributed by atoms with Gasteiger partial charge >= 0.3 is 0 Å². The lowest BCUT2D eigenvalue weighted by Crippen LogP contribution is -2.11. The highest BCUT2D eigenvalue weighted by Gasteiger charge is 2.19. The molecule has 0 radical (unpaired) electrons. The topological polar surface area (TPSA) is 52.3 Å². The van der Waals surface area contributed by atoms with Gasteiger partial charge in [0.25, 0.3) is 0 Å². The molecule has 3 aromatic carbocycles. The number of rotatable bonds is 4. The Labute approximate surface area is 135 Å². The predicted octanol–water partition coefficient (Wildman–Crippen LogP) is 4.44. The third-order valence-corrected chi connectivity index (χ3v) is 3.63. The number of carbonyl (C=O) groups is 1. The van der Waals surface area contributed by atoms with Crippen molar-refractivity contribution in [3.05, 3.63) is 71.8 Å². The van der Waals surface area contributed by atoms with E-state index in [0.717, 1.165) is 10.8 Å². The first kappa shape index (κ1) is 15.1. The third kappa shape index (κ3) is 3.04. The zero-order valence-corrected chi connectivity index (χ0v) is 13.2. The molecule has 0 aliphatic carbocycles. The summed E-state index contributed by atoms with van der Waals surface area (Å²) in [7, 11) is 0. The second-order valence-corrected chi connectivity index (χ2v) is 5.78. The van der Waals surface area contributed by atoms with E-state index in [9.17, 15) is 4.79 Å². The van der Waals surface area contributed by atoms with Crippen molar-refractivity contribution in [2.45, 2.75) is 20.0 Å². The average molecular weight is 305 g/mol. The van der Waals surface area contributed by atoms with Gasteiger partial charge in [-0.15, -0.1) is 0 Å². The van der Waals surface area contributed by atoms with E-state index >= 15 is 0 Å². The van der Waals surface area contributed by atoms with Crippen LogP contribution in [0.15, 0.2) is 60.7 Å². The number of carbonyl (C=O) groups excluding carboxylic acids is 1. The van der Waals surface area contributed by atoms with E-state index in [1.165, 1.54) is 0 Å². The molecule has 2 N–H and O–H groups in total. The Kier molecular flexibility index (Phi) is 4.02. The first-order valence-corrected chi connectivity index (χ1v) is 7.65. The van der Waals surface area contributed by atoms with Crippen molar-refractivity contribution in [1.29, 1.82) is 0 Å². The van der Waals surface area contributed by atoms with Crippen LogP contribution in [-0.2, 0) is 0 Å². The first-order valence-electron chi connectivity index (χ1n) is 7.65. The summed E-state index contributed by atoms with van der Waals surface area (Å²) in [6.45, 7) is 3.90. The number of anilines is 1. The summed E-state index contributed by atoms with van der Waals surface area (Å²) in [6, 6.07) is 18.7. The summed E-state index contributed by atoms with van der Waals surface area (Å²) in [5, 5.41) is 1.90. The number of fused-ring (bicyclic) bond motifs is 1. The molecule has 0 heterocycles. The summed E-state index contributed by atoms with van der Waals surface area (Å²) >= 11 is 0. The minimum atomic E-state index is -0.0789. The van der Waals surface area contributed by atoms with Gasteiger partial charge in [0.1, 0.15) is 5.75 Å². The standard InChI is InChI=1S/C20H19NO2/c1-13(2)23-18-11-10-14-6-3-4-9-17(14)19(18)20(22)15-7-5-8-16(21)12-15/h3-13H,21H2,1-2H3. The van der Waals surface area contributed by atoms with Crippen LogP contribution in [0.2, 0.25) is 0 Å². The van der Waals surface area contributed by atoms with Crippen LogP contribution in [0.25, 0.3) is 10.8 Å². The normalized spacial score (nSPS) is 10.9. The lowest BCUT2D eigenvalue weighted by Gasteiger charge is -2.16. The Hall–Kier alpha value is -2.81. The van der Waals surface area contributed by atoms with E-state index in [1.54, 1.807) is 24.3 Å². The van der Waals surface area contributed by atoms with Gasteiger partial charge in [0, 0.05) is 11.3 Å². The number of nitrogen functional groups attached to an aromatic ring is 1. The number of benzene rings is 3. The highest BCUT2D eigenvalue weighted by atomic mass is 16.5. The molecule has 0 amide bonds. The van der Waals surface area contributed by atoms with Crippen molar-refractivity contribution in [2.24, 2.45) is 0 Å². The zero-order valence-electron chi connectivity index (χ0n) is 13.2.